The SMILES string of the molecule is COC(=O)CCC(C)COC1OC(COC(C)=O)C(OC(C)=O)C(OC(C)=O)C1OC(C)=O. The zero-order valence-corrected chi connectivity index (χ0v) is 19.7. The van der Waals surface area contributed by atoms with Gasteiger partial charge in [0.25, 0.3) is 0 Å². The molecule has 0 radical (unpaired) electrons. The van der Waals surface area contributed by atoms with Gasteiger partial charge in [-0.1, -0.05) is 6.92 Å². The van der Waals surface area contributed by atoms with E-state index in [1.807, 2.05) is 6.92 Å². The van der Waals surface area contributed by atoms with Crippen LogP contribution in [0, 0.1) is 5.92 Å². The van der Waals surface area contributed by atoms with E-state index in [2.05, 4.69) is 4.74 Å². The monoisotopic (exact) mass is 476 g/mol. The van der Waals surface area contributed by atoms with E-state index in [9.17, 15) is 24.0 Å². The zero-order valence-electron chi connectivity index (χ0n) is 19.7. The maximum atomic E-state index is 11.8. The third kappa shape index (κ3) is 10.2. The fraction of sp³-hybridized carbons (Fsp3) is 0.762. The van der Waals surface area contributed by atoms with E-state index < -0.39 is 54.6 Å². The summed E-state index contributed by atoms with van der Waals surface area (Å²) in [6.07, 6.45) is -5.50. The molecule has 1 heterocycles. The molecule has 0 N–H and O–H groups in total. The van der Waals surface area contributed by atoms with E-state index in [-0.39, 0.29) is 31.5 Å². The van der Waals surface area contributed by atoms with E-state index >= 15 is 0 Å². The molecule has 0 saturated carbocycles. The standard InChI is InChI=1S/C21H32O12/c1-11(7-8-17(26)27-6)9-29-21-20(32-15(5)25)19(31-14(4)24)18(30-13(3)23)16(33-21)10-28-12(2)22/h11,16,18-21H,7-10H2,1-6H3. The Kier molecular flexibility index (Phi) is 11.8. The number of hydrogen-bond acceptors (Lipinski definition) is 12. The Balaban J connectivity index is 3.14. The van der Waals surface area contributed by atoms with Crippen LogP contribution < -0.4 is 0 Å². The lowest BCUT2D eigenvalue weighted by Crippen LogP contribution is -2.63. The smallest absolute Gasteiger partial charge is 0.305 e. The molecule has 0 aromatic carbocycles. The maximum absolute atomic E-state index is 11.8. The number of rotatable bonds is 11. The van der Waals surface area contributed by atoms with E-state index in [0.29, 0.717) is 6.42 Å². The van der Waals surface area contributed by atoms with Gasteiger partial charge in [-0.3, -0.25) is 24.0 Å². The van der Waals surface area contributed by atoms with Crippen molar-refractivity contribution in [3.05, 3.63) is 0 Å². The van der Waals surface area contributed by atoms with Crippen molar-refractivity contribution >= 4 is 29.8 Å². The van der Waals surface area contributed by atoms with Crippen LogP contribution in [-0.2, 0) is 57.1 Å². The average molecular weight is 476 g/mol. The molecular weight excluding hydrogens is 444 g/mol. The van der Waals surface area contributed by atoms with Gasteiger partial charge in [0, 0.05) is 34.1 Å². The van der Waals surface area contributed by atoms with E-state index in [1.165, 1.54) is 14.0 Å². The minimum Gasteiger partial charge on any atom is -0.469 e. The van der Waals surface area contributed by atoms with Gasteiger partial charge < -0.3 is 33.2 Å². The van der Waals surface area contributed by atoms with Gasteiger partial charge in [-0.15, -0.1) is 0 Å². The van der Waals surface area contributed by atoms with Gasteiger partial charge >= 0.3 is 29.8 Å². The number of methoxy groups -OCH3 is 1. The highest BCUT2D eigenvalue weighted by atomic mass is 16.7. The van der Waals surface area contributed by atoms with Crippen molar-refractivity contribution < 1.29 is 57.1 Å². The molecule has 0 aliphatic carbocycles. The van der Waals surface area contributed by atoms with Gasteiger partial charge in [0.2, 0.25) is 0 Å². The molecule has 1 fully saturated rings. The molecule has 1 aliphatic heterocycles. The van der Waals surface area contributed by atoms with Gasteiger partial charge in [0.1, 0.15) is 12.7 Å². The molecule has 0 bridgehead atoms. The molecule has 33 heavy (non-hydrogen) atoms. The second-order valence-electron chi connectivity index (χ2n) is 7.62. The summed E-state index contributed by atoms with van der Waals surface area (Å²) < 4.78 is 37.2. The van der Waals surface area contributed by atoms with Gasteiger partial charge in [-0.2, -0.15) is 0 Å². The summed E-state index contributed by atoms with van der Waals surface area (Å²) in [4.78, 5) is 57.9. The van der Waals surface area contributed by atoms with E-state index in [1.54, 1.807) is 0 Å². The Morgan fingerprint density at radius 2 is 1.36 bits per heavy atom. The Morgan fingerprint density at radius 3 is 1.88 bits per heavy atom. The molecule has 0 aromatic heterocycles. The van der Waals surface area contributed by atoms with Crippen LogP contribution in [0.2, 0.25) is 0 Å². The Hall–Kier alpha value is -2.73. The second kappa shape index (κ2) is 13.7. The molecule has 6 unspecified atom stereocenters. The quantitative estimate of drug-likeness (QED) is 0.305. The van der Waals surface area contributed by atoms with Crippen LogP contribution in [0.25, 0.3) is 0 Å². The van der Waals surface area contributed by atoms with Crippen LogP contribution in [0.1, 0.15) is 47.5 Å². The van der Waals surface area contributed by atoms with Gasteiger partial charge in [0.15, 0.2) is 24.6 Å². The predicted octanol–water partition coefficient (Wildman–Crippen LogP) is 0.675. The topological polar surface area (TPSA) is 150 Å². The summed E-state index contributed by atoms with van der Waals surface area (Å²) >= 11 is 0. The lowest BCUT2D eigenvalue weighted by atomic mass is 9.98. The summed E-state index contributed by atoms with van der Waals surface area (Å²) in [5, 5.41) is 0. The molecule has 12 nitrogen and oxygen atoms in total. The minimum absolute atomic E-state index is 0.0880. The van der Waals surface area contributed by atoms with Crippen molar-refractivity contribution in [2.45, 2.75) is 78.2 Å². The highest BCUT2D eigenvalue weighted by Gasteiger charge is 2.52. The lowest BCUT2D eigenvalue weighted by molar-refractivity contribution is -0.309. The third-order valence-corrected chi connectivity index (χ3v) is 4.56. The number of carbonyl (C=O) groups excluding carboxylic acids is 5. The Morgan fingerprint density at radius 1 is 0.818 bits per heavy atom. The third-order valence-electron chi connectivity index (χ3n) is 4.56. The largest absolute Gasteiger partial charge is 0.469 e. The van der Waals surface area contributed by atoms with E-state index in [0.717, 1.165) is 20.8 Å². The fourth-order valence-electron chi connectivity index (χ4n) is 3.13. The minimum atomic E-state index is -1.29. The summed E-state index contributed by atoms with van der Waals surface area (Å²) in [7, 11) is 1.29. The number of hydrogen-bond donors (Lipinski definition) is 0. The highest BCUT2D eigenvalue weighted by molar-refractivity contribution is 5.69. The molecule has 12 heteroatoms. The van der Waals surface area contributed by atoms with Crippen molar-refractivity contribution in [3.8, 4) is 0 Å². The van der Waals surface area contributed by atoms with Crippen LogP contribution in [-0.4, -0.2) is 80.9 Å². The first-order valence-electron chi connectivity index (χ1n) is 10.4. The average Bonchev–Trinajstić information content (AvgIpc) is 2.71. The molecule has 1 aliphatic rings. The highest BCUT2D eigenvalue weighted by Crippen LogP contribution is 2.30. The van der Waals surface area contributed by atoms with Crippen molar-refractivity contribution in [2.24, 2.45) is 5.92 Å². The number of carbonyl (C=O) groups is 5. The van der Waals surface area contributed by atoms with Crippen LogP contribution in [0.5, 0.6) is 0 Å². The molecule has 1 rings (SSSR count). The number of esters is 5. The van der Waals surface area contributed by atoms with Crippen molar-refractivity contribution in [1.29, 1.82) is 0 Å². The summed E-state index contributed by atoms with van der Waals surface area (Å²) in [6.45, 7) is 6.18. The number of ether oxygens (including phenoxy) is 7. The zero-order chi connectivity index (χ0) is 25.1. The Bertz CT molecular complexity index is 705. The van der Waals surface area contributed by atoms with E-state index in [4.69, 9.17) is 28.4 Å². The summed E-state index contributed by atoms with van der Waals surface area (Å²) in [5.41, 5.74) is 0. The molecule has 188 valence electrons. The molecule has 6 atom stereocenters. The Labute approximate surface area is 192 Å². The van der Waals surface area contributed by atoms with Crippen molar-refractivity contribution in [2.75, 3.05) is 20.3 Å². The van der Waals surface area contributed by atoms with Gasteiger partial charge in [0.05, 0.1) is 13.7 Å². The molecular formula is C21H32O12. The molecule has 1 saturated heterocycles. The first-order chi connectivity index (χ1) is 15.4. The normalized spacial score (nSPS) is 25.3. The predicted molar refractivity (Wildman–Crippen MR) is 108 cm³/mol. The van der Waals surface area contributed by atoms with Crippen LogP contribution >= 0.6 is 0 Å². The van der Waals surface area contributed by atoms with Crippen molar-refractivity contribution in [1.82, 2.24) is 0 Å². The fourth-order valence-corrected chi connectivity index (χ4v) is 3.13. The molecule has 0 spiro atoms. The van der Waals surface area contributed by atoms with Gasteiger partial charge in [-0.05, 0) is 12.3 Å². The van der Waals surface area contributed by atoms with Crippen LogP contribution in [0.4, 0.5) is 0 Å². The van der Waals surface area contributed by atoms with Crippen molar-refractivity contribution in [3.63, 3.8) is 0 Å². The van der Waals surface area contributed by atoms with Crippen LogP contribution in [0.3, 0.4) is 0 Å². The second-order valence-corrected chi connectivity index (χ2v) is 7.62. The molecule has 0 aromatic rings. The lowest BCUT2D eigenvalue weighted by Gasteiger charge is -2.44. The summed E-state index contributed by atoms with van der Waals surface area (Å²) in [5.74, 6) is -3.25. The first-order valence-corrected chi connectivity index (χ1v) is 10.4. The first kappa shape index (κ1) is 28.3. The molecule has 0 amide bonds. The van der Waals surface area contributed by atoms with Gasteiger partial charge in [-0.25, -0.2) is 0 Å². The maximum Gasteiger partial charge on any atom is 0.305 e. The van der Waals surface area contributed by atoms with Crippen LogP contribution in [0.15, 0.2) is 0 Å². The summed E-state index contributed by atoms with van der Waals surface area (Å²) in [6, 6.07) is 0.